The second kappa shape index (κ2) is 10.7. The molecule has 2 fully saturated rings. The minimum absolute atomic E-state index is 0.0682. The number of benzene rings is 4. The van der Waals surface area contributed by atoms with Crippen LogP contribution in [0.25, 0.3) is 49.2 Å². The van der Waals surface area contributed by atoms with Gasteiger partial charge in [0, 0.05) is 32.5 Å². The molecule has 0 radical (unpaired) electrons. The van der Waals surface area contributed by atoms with Crippen LogP contribution in [0.3, 0.4) is 0 Å². The second-order valence-electron chi connectivity index (χ2n) is 23.7. The van der Waals surface area contributed by atoms with Crippen LogP contribution < -0.4 is 0 Å². The number of carbonyl (C=O) groups is 1. The molecule has 6 aromatic rings. The van der Waals surface area contributed by atoms with Crippen LogP contribution in [0, 0.1) is 28.1 Å². The molecule has 2 aromatic heterocycles. The number of Topliss-reactive ketones (excluding diaryl/α,β-unsaturated/α-hetero) is 1. The van der Waals surface area contributed by atoms with Gasteiger partial charge in [0.1, 0.15) is 0 Å². The molecule has 13 rings (SSSR count). The monoisotopic (exact) mass is 739 g/mol. The summed E-state index contributed by atoms with van der Waals surface area (Å²) in [5, 5.41) is 6.10. The quantitative estimate of drug-likeness (QED) is 0.173. The highest BCUT2D eigenvalue weighted by atomic mass is 16.1. The van der Waals surface area contributed by atoms with Gasteiger partial charge >= 0.3 is 0 Å². The van der Waals surface area contributed by atoms with Gasteiger partial charge in [0.05, 0.1) is 16.6 Å². The van der Waals surface area contributed by atoms with Gasteiger partial charge in [0.15, 0.2) is 5.78 Å². The van der Waals surface area contributed by atoms with Gasteiger partial charge in [-0.05, 0) is 191 Å². The van der Waals surface area contributed by atoms with Crippen molar-refractivity contribution in [3.63, 3.8) is 0 Å². The van der Waals surface area contributed by atoms with Gasteiger partial charge in [-0.25, -0.2) is 0 Å². The fourth-order valence-electron chi connectivity index (χ4n) is 14.9. The summed E-state index contributed by atoms with van der Waals surface area (Å²) in [4.78, 5) is 15.1. The molecule has 2 atom stereocenters. The number of fused-ring (bicyclic) bond motifs is 9. The molecule has 7 aliphatic rings. The molecule has 288 valence electrons. The summed E-state index contributed by atoms with van der Waals surface area (Å²) in [5.74, 6) is 3.58. The average molecular weight is 740 g/mol. The van der Waals surface area contributed by atoms with Crippen molar-refractivity contribution in [3.05, 3.63) is 86.5 Å². The molecule has 0 N–H and O–H groups in total. The number of carbonyl (C=O) groups excluding carboxylic acids is 1. The molecule has 2 saturated carbocycles. The highest BCUT2D eigenvalue weighted by Crippen LogP contribution is 2.61. The van der Waals surface area contributed by atoms with E-state index in [1.54, 1.807) is 55.3 Å². The van der Waals surface area contributed by atoms with Crippen molar-refractivity contribution in [2.45, 2.75) is 157 Å². The molecule has 56 heavy (non-hydrogen) atoms. The molecule has 2 nitrogen and oxygen atoms in total. The van der Waals surface area contributed by atoms with Gasteiger partial charge in [0.25, 0.3) is 0 Å². The molecular formula is C54H61NO. The van der Waals surface area contributed by atoms with Gasteiger partial charge in [-0.2, -0.15) is 0 Å². The third-order valence-corrected chi connectivity index (χ3v) is 16.1. The summed E-state index contributed by atoms with van der Waals surface area (Å²) in [6, 6.07) is 15.2. The molecule has 4 aromatic carbocycles. The summed E-state index contributed by atoms with van der Waals surface area (Å²) in [6.45, 7) is 21.1. The van der Waals surface area contributed by atoms with Crippen molar-refractivity contribution >= 4 is 43.9 Å². The summed E-state index contributed by atoms with van der Waals surface area (Å²) in [7, 11) is 0. The standard InChI is InChI=1S/C54H61NO/c1-51(2,3)26-54(27-52(4,5)6)25-34-23-40-42(24-39(34)50(54)56)55-41-15-14-36-32-17-28-16-29(18-32)20-33(19-28)44(36)48(41)47-38-13-11-31-22-35(53(7,8)9)21-30-10-12-37(45(38)43(30)31)46(40)49(47)55/h14-15,21-24,28-29,32-33H,10-13,16-20,25-27H2,1-9H3. The lowest BCUT2D eigenvalue weighted by Crippen LogP contribution is -2.36. The van der Waals surface area contributed by atoms with E-state index in [-0.39, 0.29) is 21.7 Å². The van der Waals surface area contributed by atoms with E-state index in [9.17, 15) is 0 Å². The van der Waals surface area contributed by atoms with Crippen LogP contribution >= 0.6 is 0 Å². The van der Waals surface area contributed by atoms with Gasteiger partial charge in [-0.15, -0.1) is 0 Å². The average Bonchev–Trinajstić information content (AvgIpc) is 3.65. The number of nitrogens with zero attached hydrogens (tertiary/aromatic N) is 1. The Balaban J connectivity index is 1.21. The molecule has 2 heteroatoms. The van der Waals surface area contributed by atoms with Crippen LogP contribution in [-0.4, -0.2) is 10.2 Å². The largest absolute Gasteiger partial charge is 0.308 e. The zero-order chi connectivity index (χ0) is 38.6. The molecule has 2 unspecified atom stereocenters. The summed E-state index contributed by atoms with van der Waals surface area (Å²) < 4.78 is 2.71. The van der Waals surface area contributed by atoms with Crippen molar-refractivity contribution in [2.24, 2.45) is 28.1 Å². The number of aromatic nitrogens is 1. The van der Waals surface area contributed by atoms with Crippen molar-refractivity contribution in [2.75, 3.05) is 0 Å². The highest BCUT2D eigenvalue weighted by molar-refractivity contribution is 6.29. The maximum absolute atomic E-state index is 15.1. The first-order chi connectivity index (χ1) is 26.5. The van der Waals surface area contributed by atoms with E-state index in [2.05, 4.69) is 103 Å². The topological polar surface area (TPSA) is 21.5 Å². The first-order valence-corrected chi connectivity index (χ1v) is 22.5. The number of aryl methyl sites for hydroxylation is 4. The minimum Gasteiger partial charge on any atom is -0.308 e. The predicted molar refractivity (Wildman–Crippen MR) is 234 cm³/mol. The predicted octanol–water partition coefficient (Wildman–Crippen LogP) is 14.0. The van der Waals surface area contributed by atoms with Crippen LogP contribution in [0.1, 0.15) is 174 Å². The van der Waals surface area contributed by atoms with E-state index in [1.807, 2.05) is 0 Å². The third-order valence-electron chi connectivity index (χ3n) is 16.1. The summed E-state index contributed by atoms with van der Waals surface area (Å²) in [6.07, 6.45) is 14.2. The van der Waals surface area contributed by atoms with Crippen LogP contribution in [-0.2, 0) is 37.5 Å². The second-order valence-corrected chi connectivity index (χ2v) is 23.7. The van der Waals surface area contributed by atoms with E-state index in [1.165, 1.54) is 70.6 Å². The fourth-order valence-corrected chi connectivity index (χ4v) is 14.9. The molecule has 0 amide bonds. The zero-order valence-electron chi connectivity index (χ0n) is 35.6. The minimum atomic E-state index is -0.358. The first kappa shape index (κ1) is 34.4. The van der Waals surface area contributed by atoms with Gasteiger partial charge in [-0.1, -0.05) is 80.5 Å². The van der Waals surface area contributed by atoms with Crippen LogP contribution in [0.15, 0.2) is 36.4 Å². The molecule has 4 bridgehead atoms. The Labute approximate surface area is 334 Å². The van der Waals surface area contributed by atoms with E-state index in [0.717, 1.165) is 68.3 Å². The normalized spacial score (nSPS) is 24.8. The van der Waals surface area contributed by atoms with E-state index in [4.69, 9.17) is 0 Å². The Bertz CT molecular complexity index is 2700. The molecule has 2 heterocycles. The third kappa shape index (κ3) is 4.54. The van der Waals surface area contributed by atoms with E-state index in [0.29, 0.717) is 11.7 Å². The summed E-state index contributed by atoms with van der Waals surface area (Å²) >= 11 is 0. The van der Waals surface area contributed by atoms with Gasteiger partial charge in [0.2, 0.25) is 0 Å². The smallest absolute Gasteiger partial charge is 0.169 e. The highest BCUT2D eigenvalue weighted by Gasteiger charge is 2.50. The van der Waals surface area contributed by atoms with E-state index < -0.39 is 0 Å². The molecule has 7 aliphatic carbocycles. The lowest BCUT2D eigenvalue weighted by molar-refractivity contribution is 0.0615. The lowest BCUT2D eigenvalue weighted by Gasteiger charge is -2.38. The number of hydrogen-bond acceptors (Lipinski definition) is 1. The molecule has 0 aliphatic heterocycles. The molecule has 0 spiro atoms. The Hall–Kier alpha value is -3.65. The van der Waals surface area contributed by atoms with Gasteiger partial charge < -0.3 is 4.40 Å². The molecular weight excluding hydrogens is 679 g/mol. The Morgan fingerprint density at radius 3 is 1.89 bits per heavy atom. The van der Waals surface area contributed by atoms with Crippen molar-refractivity contribution in [1.29, 1.82) is 0 Å². The maximum atomic E-state index is 15.1. The summed E-state index contributed by atoms with van der Waals surface area (Å²) in [5.41, 5.74) is 20.9. The van der Waals surface area contributed by atoms with Crippen LogP contribution in [0.2, 0.25) is 0 Å². The van der Waals surface area contributed by atoms with Crippen LogP contribution in [0.4, 0.5) is 0 Å². The van der Waals surface area contributed by atoms with Crippen molar-refractivity contribution in [1.82, 2.24) is 4.40 Å². The van der Waals surface area contributed by atoms with Crippen molar-refractivity contribution < 1.29 is 4.79 Å². The number of hydrogen-bond donors (Lipinski definition) is 0. The van der Waals surface area contributed by atoms with E-state index >= 15 is 4.79 Å². The fraction of sp³-hybridized carbons (Fsp3) is 0.537. The Morgan fingerprint density at radius 2 is 1.27 bits per heavy atom. The van der Waals surface area contributed by atoms with Gasteiger partial charge in [-0.3, -0.25) is 4.79 Å². The maximum Gasteiger partial charge on any atom is 0.169 e. The Kier molecular flexibility index (Phi) is 6.57. The molecule has 0 saturated heterocycles. The Morgan fingerprint density at radius 1 is 0.643 bits per heavy atom. The van der Waals surface area contributed by atoms with Crippen LogP contribution in [0.5, 0.6) is 0 Å². The van der Waals surface area contributed by atoms with Crippen molar-refractivity contribution in [3.8, 4) is 11.1 Å². The number of rotatable bonds is 2. The SMILES string of the molecule is CC(C)(C)CC1(CC(C)(C)C)Cc2cc3c4c5c6c(c7c8c9c(ccc8n(c3cc2C1=O)c47)C1CC2CC(C1)CC9C2)CCc1cc(C(C)(C)C)cc(c1-6)CC5. The number of ketones is 1. The zero-order valence-corrected chi connectivity index (χ0v) is 35.6. The lowest BCUT2D eigenvalue weighted by atomic mass is 9.64. The first-order valence-electron chi connectivity index (χ1n) is 22.5.